The van der Waals surface area contributed by atoms with Crippen LogP contribution in [0.25, 0.3) is 0 Å². The van der Waals surface area contributed by atoms with Gasteiger partial charge in [0, 0.05) is 10.6 Å². The van der Waals surface area contributed by atoms with E-state index < -0.39 is 16.8 Å². The Labute approximate surface area is 124 Å². The number of rotatable bonds is 5. The smallest absolute Gasteiger partial charge is 0.335 e. The van der Waals surface area contributed by atoms with Gasteiger partial charge in [-0.15, -0.1) is 0 Å². The molecule has 2 aromatic carbocycles. The number of hydrogen-bond acceptors (Lipinski definition) is 3. The van der Waals surface area contributed by atoms with Gasteiger partial charge in [0.2, 0.25) is 5.91 Å². The first-order chi connectivity index (χ1) is 10.1. The Morgan fingerprint density at radius 3 is 2.19 bits per heavy atom. The molecular formula is C15H13NO4S. The van der Waals surface area contributed by atoms with Crippen LogP contribution in [0.2, 0.25) is 0 Å². The molecule has 0 fully saturated rings. The number of aromatic carboxylic acids is 1. The van der Waals surface area contributed by atoms with Crippen LogP contribution in [0.15, 0.2) is 59.5 Å². The van der Waals surface area contributed by atoms with Crippen LogP contribution in [0.3, 0.4) is 0 Å². The molecule has 0 aromatic heterocycles. The van der Waals surface area contributed by atoms with Gasteiger partial charge in [0.05, 0.1) is 16.4 Å². The number of nitrogens with one attached hydrogen (secondary N) is 1. The highest BCUT2D eigenvalue weighted by molar-refractivity contribution is 7.85. The van der Waals surface area contributed by atoms with Crippen molar-refractivity contribution in [3.05, 3.63) is 60.2 Å². The molecule has 1 unspecified atom stereocenters. The molecule has 108 valence electrons. The van der Waals surface area contributed by atoms with Crippen LogP contribution in [0.1, 0.15) is 10.4 Å². The van der Waals surface area contributed by atoms with Crippen molar-refractivity contribution >= 4 is 28.4 Å². The molecular weight excluding hydrogens is 290 g/mol. The Hall–Kier alpha value is -2.47. The Morgan fingerprint density at radius 2 is 1.62 bits per heavy atom. The number of para-hydroxylation sites is 1. The summed E-state index contributed by atoms with van der Waals surface area (Å²) in [6.45, 7) is 0. The van der Waals surface area contributed by atoms with Gasteiger partial charge in [-0.25, -0.2) is 4.79 Å². The molecule has 0 radical (unpaired) electrons. The fourth-order valence-electron chi connectivity index (χ4n) is 1.67. The minimum Gasteiger partial charge on any atom is -0.478 e. The van der Waals surface area contributed by atoms with Crippen molar-refractivity contribution in [2.24, 2.45) is 0 Å². The number of carboxylic acid groups (broad SMARTS) is 1. The van der Waals surface area contributed by atoms with Gasteiger partial charge in [-0.05, 0) is 36.4 Å². The van der Waals surface area contributed by atoms with E-state index in [1.165, 1.54) is 24.3 Å². The first kappa shape index (κ1) is 14.9. The molecule has 2 rings (SSSR count). The summed E-state index contributed by atoms with van der Waals surface area (Å²) in [5.74, 6) is -1.59. The lowest BCUT2D eigenvalue weighted by molar-refractivity contribution is -0.113. The number of carbonyl (C=O) groups excluding carboxylic acids is 1. The molecule has 5 nitrogen and oxygen atoms in total. The summed E-state index contributed by atoms with van der Waals surface area (Å²) >= 11 is 0. The number of carboxylic acids is 1. The minimum absolute atomic E-state index is 0.115. The van der Waals surface area contributed by atoms with E-state index in [1.807, 2.05) is 6.07 Å². The van der Waals surface area contributed by atoms with Crippen LogP contribution in [0.5, 0.6) is 0 Å². The summed E-state index contributed by atoms with van der Waals surface area (Å²) in [7, 11) is -1.51. The van der Waals surface area contributed by atoms with Gasteiger partial charge in [-0.3, -0.25) is 9.00 Å². The zero-order valence-corrected chi connectivity index (χ0v) is 11.8. The molecule has 2 aromatic rings. The number of anilines is 1. The highest BCUT2D eigenvalue weighted by Gasteiger charge is 2.11. The molecule has 0 aliphatic heterocycles. The van der Waals surface area contributed by atoms with Crippen LogP contribution >= 0.6 is 0 Å². The van der Waals surface area contributed by atoms with Crippen LogP contribution in [-0.2, 0) is 15.6 Å². The second-order valence-electron chi connectivity index (χ2n) is 4.23. The number of benzene rings is 2. The molecule has 1 amide bonds. The largest absolute Gasteiger partial charge is 0.478 e. The van der Waals surface area contributed by atoms with Crippen molar-refractivity contribution < 1.29 is 18.9 Å². The van der Waals surface area contributed by atoms with Gasteiger partial charge in [0.1, 0.15) is 5.75 Å². The fourth-order valence-corrected chi connectivity index (χ4v) is 2.59. The fraction of sp³-hybridized carbons (Fsp3) is 0.0667. The van der Waals surface area contributed by atoms with Gasteiger partial charge in [0.15, 0.2) is 0 Å². The maximum Gasteiger partial charge on any atom is 0.335 e. The molecule has 0 saturated carbocycles. The average molecular weight is 303 g/mol. The first-order valence-electron chi connectivity index (χ1n) is 6.13. The summed E-state index contributed by atoms with van der Waals surface area (Å²) < 4.78 is 12.0. The summed E-state index contributed by atoms with van der Waals surface area (Å²) in [6, 6.07) is 14.5. The third-order valence-corrected chi connectivity index (χ3v) is 4.01. The van der Waals surface area contributed by atoms with Gasteiger partial charge < -0.3 is 10.4 Å². The van der Waals surface area contributed by atoms with E-state index in [2.05, 4.69) is 5.32 Å². The number of carbonyl (C=O) groups is 2. The molecule has 0 aliphatic carbocycles. The van der Waals surface area contributed by atoms with Crippen LogP contribution in [0, 0.1) is 0 Å². The van der Waals surface area contributed by atoms with E-state index >= 15 is 0 Å². The molecule has 0 bridgehead atoms. The maximum atomic E-state index is 12.0. The van der Waals surface area contributed by atoms with Crippen molar-refractivity contribution in [1.82, 2.24) is 0 Å². The molecule has 0 saturated heterocycles. The zero-order valence-electron chi connectivity index (χ0n) is 11.0. The predicted molar refractivity (Wildman–Crippen MR) is 79.7 cm³/mol. The molecule has 0 spiro atoms. The Bertz CT molecular complexity index is 668. The van der Waals surface area contributed by atoms with Crippen molar-refractivity contribution in [2.75, 3.05) is 11.1 Å². The highest BCUT2D eigenvalue weighted by atomic mass is 32.2. The lowest BCUT2D eigenvalue weighted by atomic mass is 10.2. The predicted octanol–water partition coefficient (Wildman–Crippen LogP) is 2.13. The maximum absolute atomic E-state index is 12.0. The van der Waals surface area contributed by atoms with E-state index in [-0.39, 0.29) is 17.2 Å². The SMILES string of the molecule is O=C(CS(=O)c1ccc(C(=O)O)cc1)Nc1ccccc1. The Kier molecular flexibility index (Phi) is 4.84. The lowest BCUT2D eigenvalue weighted by Gasteiger charge is -2.05. The Morgan fingerprint density at radius 1 is 1.00 bits per heavy atom. The summed E-state index contributed by atoms with van der Waals surface area (Å²) in [5.41, 5.74) is 0.755. The lowest BCUT2D eigenvalue weighted by Crippen LogP contribution is -2.19. The molecule has 0 heterocycles. The van der Waals surface area contributed by atoms with Gasteiger partial charge in [0.25, 0.3) is 0 Å². The quantitative estimate of drug-likeness (QED) is 0.886. The minimum atomic E-state index is -1.51. The van der Waals surface area contributed by atoms with Crippen molar-refractivity contribution in [2.45, 2.75) is 4.90 Å². The van der Waals surface area contributed by atoms with E-state index in [9.17, 15) is 13.8 Å². The zero-order chi connectivity index (χ0) is 15.2. The summed E-state index contributed by atoms with van der Waals surface area (Å²) in [6.07, 6.45) is 0. The second kappa shape index (κ2) is 6.81. The van der Waals surface area contributed by atoms with Gasteiger partial charge >= 0.3 is 5.97 Å². The molecule has 1 atom stereocenters. The second-order valence-corrected chi connectivity index (χ2v) is 5.68. The van der Waals surface area contributed by atoms with E-state index in [1.54, 1.807) is 24.3 Å². The third kappa shape index (κ3) is 4.25. The normalized spacial score (nSPS) is 11.6. The van der Waals surface area contributed by atoms with E-state index in [0.717, 1.165) is 0 Å². The molecule has 2 N–H and O–H groups in total. The van der Waals surface area contributed by atoms with Crippen LogP contribution in [-0.4, -0.2) is 26.9 Å². The van der Waals surface area contributed by atoms with E-state index in [0.29, 0.717) is 10.6 Å². The van der Waals surface area contributed by atoms with Gasteiger partial charge in [-0.2, -0.15) is 0 Å². The van der Waals surface area contributed by atoms with Crippen LogP contribution < -0.4 is 5.32 Å². The van der Waals surface area contributed by atoms with Crippen molar-refractivity contribution in [1.29, 1.82) is 0 Å². The van der Waals surface area contributed by atoms with Crippen molar-refractivity contribution in [3.8, 4) is 0 Å². The number of hydrogen-bond donors (Lipinski definition) is 2. The van der Waals surface area contributed by atoms with Crippen molar-refractivity contribution in [3.63, 3.8) is 0 Å². The van der Waals surface area contributed by atoms with Gasteiger partial charge in [-0.1, -0.05) is 18.2 Å². The average Bonchev–Trinajstić information content (AvgIpc) is 2.48. The topological polar surface area (TPSA) is 83.5 Å². The standard InChI is InChI=1S/C15H13NO4S/c17-14(16-12-4-2-1-3-5-12)10-21(20)13-8-6-11(7-9-13)15(18)19/h1-9H,10H2,(H,16,17)(H,18,19). The molecule has 21 heavy (non-hydrogen) atoms. The summed E-state index contributed by atoms with van der Waals surface area (Å²) in [5, 5.41) is 11.4. The monoisotopic (exact) mass is 303 g/mol. The highest BCUT2D eigenvalue weighted by Crippen LogP contribution is 2.10. The summed E-state index contributed by atoms with van der Waals surface area (Å²) in [4.78, 5) is 22.9. The third-order valence-electron chi connectivity index (χ3n) is 2.68. The Balaban J connectivity index is 1.97. The van der Waals surface area contributed by atoms with Crippen LogP contribution in [0.4, 0.5) is 5.69 Å². The molecule has 0 aliphatic rings. The van der Waals surface area contributed by atoms with E-state index in [4.69, 9.17) is 5.11 Å². The first-order valence-corrected chi connectivity index (χ1v) is 7.45. The number of amides is 1. The molecule has 6 heteroatoms.